The van der Waals surface area contributed by atoms with E-state index >= 15 is 0 Å². The van der Waals surface area contributed by atoms with Gasteiger partial charge < -0.3 is 5.32 Å². The summed E-state index contributed by atoms with van der Waals surface area (Å²) in [7, 11) is -0.980. The highest BCUT2D eigenvalue weighted by Gasteiger charge is 2.32. The number of nitrogens with one attached hydrogen (secondary N) is 1. The molecular weight excluding hydrogens is 198 g/mol. The summed E-state index contributed by atoms with van der Waals surface area (Å²) in [6, 6.07) is 1.97. The predicted octanol–water partition coefficient (Wildman–Crippen LogP) is 3.51. The molecule has 1 fully saturated rings. The van der Waals surface area contributed by atoms with Crippen LogP contribution in [0.3, 0.4) is 0 Å². The minimum atomic E-state index is -0.980. The van der Waals surface area contributed by atoms with E-state index in [0.29, 0.717) is 6.04 Å². The first-order chi connectivity index (χ1) is 6.81. The van der Waals surface area contributed by atoms with E-state index in [1.807, 2.05) is 0 Å². The van der Waals surface area contributed by atoms with E-state index in [4.69, 9.17) is 0 Å². The molecule has 0 radical (unpaired) electrons. The Morgan fingerprint density at radius 3 is 2.47 bits per heavy atom. The lowest BCUT2D eigenvalue weighted by Gasteiger charge is -2.28. The SMILES string of the molecule is C=C(C[Si](C)(C)C)[C@@H]1CCN[C@H]1C(C)C. The lowest BCUT2D eigenvalue weighted by atomic mass is 9.87. The molecule has 0 saturated carbocycles. The van der Waals surface area contributed by atoms with Crippen molar-refractivity contribution in [1.29, 1.82) is 0 Å². The maximum absolute atomic E-state index is 4.35. The van der Waals surface area contributed by atoms with Crippen LogP contribution in [-0.2, 0) is 0 Å². The van der Waals surface area contributed by atoms with E-state index in [9.17, 15) is 0 Å². The third-order valence-electron chi connectivity index (χ3n) is 3.27. The summed E-state index contributed by atoms with van der Waals surface area (Å²) in [4.78, 5) is 0. The van der Waals surface area contributed by atoms with Crippen LogP contribution >= 0.6 is 0 Å². The van der Waals surface area contributed by atoms with Gasteiger partial charge in [-0.1, -0.05) is 45.6 Å². The van der Waals surface area contributed by atoms with Crippen molar-refractivity contribution in [3.8, 4) is 0 Å². The molecule has 1 rings (SSSR count). The third-order valence-corrected chi connectivity index (χ3v) is 4.78. The van der Waals surface area contributed by atoms with Crippen molar-refractivity contribution in [2.24, 2.45) is 11.8 Å². The van der Waals surface area contributed by atoms with Gasteiger partial charge in [0.05, 0.1) is 0 Å². The van der Waals surface area contributed by atoms with Crippen LogP contribution in [0.4, 0.5) is 0 Å². The van der Waals surface area contributed by atoms with Gasteiger partial charge in [0.1, 0.15) is 0 Å². The van der Waals surface area contributed by atoms with E-state index in [0.717, 1.165) is 11.8 Å². The lowest BCUT2D eigenvalue weighted by molar-refractivity contribution is 0.388. The van der Waals surface area contributed by atoms with Crippen LogP contribution in [0.2, 0.25) is 25.7 Å². The fourth-order valence-corrected chi connectivity index (χ4v) is 4.32. The molecule has 0 unspecified atom stereocenters. The van der Waals surface area contributed by atoms with Crippen molar-refractivity contribution in [2.75, 3.05) is 6.54 Å². The highest BCUT2D eigenvalue weighted by Crippen LogP contribution is 2.32. The second-order valence-corrected chi connectivity index (χ2v) is 12.0. The number of hydrogen-bond donors (Lipinski definition) is 1. The van der Waals surface area contributed by atoms with Crippen molar-refractivity contribution >= 4 is 8.07 Å². The molecule has 0 bridgehead atoms. The molecule has 88 valence electrons. The van der Waals surface area contributed by atoms with Gasteiger partial charge >= 0.3 is 0 Å². The van der Waals surface area contributed by atoms with E-state index in [-0.39, 0.29) is 0 Å². The Labute approximate surface area is 96.4 Å². The van der Waals surface area contributed by atoms with Gasteiger partial charge in [-0.05, 0) is 30.8 Å². The summed E-state index contributed by atoms with van der Waals surface area (Å²) >= 11 is 0. The van der Waals surface area contributed by atoms with E-state index in [2.05, 4.69) is 45.4 Å². The molecule has 0 aliphatic carbocycles. The van der Waals surface area contributed by atoms with Crippen LogP contribution in [0.25, 0.3) is 0 Å². The number of rotatable bonds is 4. The smallest absolute Gasteiger partial charge is 0.0483 e. The Morgan fingerprint density at radius 2 is 2.00 bits per heavy atom. The van der Waals surface area contributed by atoms with Gasteiger partial charge in [-0.15, -0.1) is 0 Å². The van der Waals surface area contributed by atoms with Crippen LogP contribution < -0.4 is 5.32 Å². The van der Waals surface area contributed by atoms with Crippen LogP contribution in [0, 0.1) is 11.8 Å². The largest absolute Gasteiger partial charge is 0.313 e. The van der Waals surface area contributed by atoms with E-state index < -0.39 is 8.07 Å². The number of hydrogen-bond acceptors (Lipinski definition) is 1. The van der Waals surface area contributed by atoms with Crippen molar-refractivity contribution in [1.82, 2.24) is 5.32 Å². The zero-order valence-corrected chi connectivity index (χ0v) is 12.1. The summed E-state index contributed by atoms with van der Waals surface area (Å²) in [6.45, 7) is 17.5. The van der Waals surface area contributed by atoms with Crippen LogP contribution in [-0.4, -0.2) is 20.7 Å². The van der Waals surface area contributed by atoms with Crippen molar-refractivity contribution in [3.05, 3.63) is 12.2 Å². The molecule has 1 saturated heterocycles. The fourth-order valence-electron chi connectivity index (χ4n) is 2.70. The molecule has 0 spiro atoms. The molecule has 0 aromatic carbocycles. The quantitative estimate of drug-likeness (QED) is 0.570. The van der Waals surface area contributed by atoms with Gasteiger partial charge in [-0.25, -0.2) is 0 Å². The monoisotopic (exact) mass is 225 g/mol. The van der Waals surface area contributed by atoms with E-state index in [1.165, 1.54) is 24.6 Å². The molecular formula is C13H27NSi. The molecule has 1 heterocycles. The summed E-state index contributed by atoms with van der Waals surface area (Å²) < 4.78 is 0. The van der Waals surface area contributed by atoms with Crippen LogP contribution in [0.1, 0.15) is 20.3 Å². The van der Waals surface area contributed by atoms with Gasteiger partial charge in [-0.2, -0.15) is 0 Å². The van der Waals surface area contributed by atoms with Crippen molar-refractivity contribution in [3.63, 3.8) is 0 Å². The molecule has 1 aliphatic heterocycles. The summed E-state index contributed by atoms with van der Waals surface area (Å²) in [5, 5.41) is 3.63. The van der Waals surface area contributed by atoms with Crippen molar-refractivity contribution < 1.29 is 0 Å². The first-order valence-electron chi connectivity index (χ1n) is 6.22. The molecule has 1 nitrogen and oxygen atoms in total. The Morgan fingerprint density at radius 1 is 1.40 bits per heavy atom. The Hall–Kier alpha value is -0.0831. The molecule has 1 aliphatic rings. The molecule has 1 N–H and O–H groups in total. The minimum absolute atomic E-state index is 0.675. The van der Waals surface area contributed by atoms with Gasteiger partial charge in [0.25, 0.3) is 0 Å². The van der Waals surface area contributed by atoms with Gasteiger partial charge in [0.2, 0.25) is 0 Å². The van der Waals surface area contributed by atoms with E-state index in [1.54, 1.807) is 0 Å². The second kappa shape index (κ2) is 4.83. The Kier molecular flexibility index (Phi) is 4.18. The first-order valence-corrected chi connectivity index (χ1v) is 9.93. The maximum Gasteiger partial charge on any atom is 0.0483 e. The maximum atomic E-state index is 4.35. The molecule has 2 heteroatoms. The molecule has 0 aromatic heterocycles. The average Bonchev–Trinajstić information content (AvgIpc) is 2.47. The molecule has 15 heavy (non-hydrogen) atoms. The van der Waals surface area contributed by atoms with Gasteiger partial charge in [-0.3, -0.25) is 0 Å². The predicted molar refractivity (Wildman–Crippen MR) is 72.0 cm³/mol. The molecule has 2 atom stereocenters. The normalized spacial score (nSPS) is 27.3. The van der Waals surface area contributed by atoms with Crippen molar-refractivity contribution in [2.45, 2.75) is 52.0 Å². The van der Waals surface area contributed by atoms with Crippen LogP contribution in [0.5, 0.6) is 0 Å². The highest BCUT2D eigenvalue weighted by molar-refractivity contribution is 6.76. The standard InChI is InChI=1S/C13H27NSi/c1-10(2)13-12(7-8-14-13)11(3)9-15(4,5)6/h10,12-14H,3,7-9H2,1-2,4-6H3/t12-,13-/m0/s1. The highest BCUT2D eigenvalue weighted by atomic mass is 28.3. The fraction of sp³-hybridized carbons (Fsp3) is 0.846. The Balaban J connectivity index is 2.59. The second-order valence-electron chi connectivity index (χ2n) is 6.51. The topological polar surface area (TPSA) is 12.0 Å². The summed E-state index contributed by atoms with van der Waals surface area (Å²) in [6.07, 6.45) is 1.30. The summed E-state index contributed by atoms with van der Waals surface area (Å²) in [5.41, 5.74) is 1.51. The molecule has 0 amide bonds. The lowest BCUT2D eigenvalue weighted by Crippen LogP contribution is -2.34. The zero-order chi connectivity index (χ0) is 11.6. The molecule has 0 aromatic rings. The van der Waals surface area contributed by atoms with Gasteiger partial charge in [0, 0.05) is 14.1 Å². The minimum Gasteiger partial charge on any atom is -0.313 e. The average molecular weight is 225 g/mol. The van der Waals surface area contributed by atoms with Crippen LogP contribution in [0.15, 0.2) is 12.2 Å². The first kappa shape index (κ1) is 13.0. The zero-order valence-electron chi connectivity index (χ0n) is 11.1. The van der Waals surface area contributed by atoms with Gasteiger partial charge in [0.15, 0.2) is 0 Å². The third kappa shape index (κ3) is 3.76. The summed E-state index contributed by atoms with van der Waals surface area (Å²) in [5.74, 6) is 1.47. The Bertz CT molecular complexity index is 227.